The molecule has 0 radical (unpaired) electrons. The number of nitrogens with zero attached hydrogens (tertiary/aromatic N) is 4. The summed E-state index contributed by atoms with van der Waals surface area (Å²) in [6.07, 6.45) is 0. The number of carbonyl (C=O) groups excluding carboxylic acids is 1. The van der Waals surface area contributed by atoms with Crippen LogP contribution in [-0.4, -0.2) is 51.2 Å². The summed E-state index contributed by atoms with van der Waals surface area (Å²) in [5.74, 6) is -0.414. The lowest BCUT2D eigenvalue weighted by atomic mass is 9.96. The SMILES string of the molecule is COC(=O)COc1cccc(-c2ccc(C3=N[C@@H](C(C)C(=O)O)c4nnc(C)n4-c4sc(C)c(C)c43)cc2)c1. The fourth-order valence-electron chi connectivity index (χ4n) is 4.60. The number of fused-ring (bicyclic) bond motifs is 3. The molecule has 0 bridgehead atoms. The molecule has 9 nitrogen and oxygen atoms in total. The minimum atomic E-state index is -0.946. The number of hydrogen-bond acceptors (Lipinski definition) is 8. The van der Waals surface area contributed by atoms with Gasteiger partial charge in [-0.2, -0.15) is 0 Å². The van der Waals surface area contributed by atoms with Crippen LogP contribution in [0.2, 0.25) is 0 Å². The molecule has 200 valence electrons. The van der Waals surface area contributed by atoms with Gasteiger partial charge in [0.15, 0.2) is 12.4 Å². The molecule has 0 amide bonds. The number of carbonyl (C=O) groups is 2. The van der Waals surface area contributed by atoms with E-state index in [9.17, 15) is 14.7 Å². The molecule has 1 aliphatic heterocycles. The van der Waals surface area contributed by atoms with Gasteiger partial charge in [0.25, 0.3) is 0 Å². The first-order valence-corrected chi connectivity index (χ1v) is 13.2. The largest absolute Gasteiger partial charge is 0.482 e. The lowest BCUT2D eigenvalue weighted by molar-refractivity contribution is -0.143. The van der Waals surface area contributed by atoms with Crippen LogP contribution in [0.25, 0.3) is 16.1 Å². The third-order valence-electron chi connectivity index (χ3n) is 6.96. The molecular weight excluding hydrogens is 516 g/mol. The van der Waals surface area contributed by atoms with Crippen molar-refractivity contribution in [3.8, 4) is 21.9 Å². The third kappa shape index (κ3) is 4.83. The summed E-state index contributed by atoms with van der Waals surface area (Å²) >= 11 is 1.63. The van der Waals surface area contributed by atoms with E-state index in [4.69, 9.17) is 9.73 Å². The number of aromatic nitrogens is 3. The summed E-state index contributed by atoms with van der Waals surface area (Å²) in [4.78, 5) is 29.7. The lowest BCUT2D eigenvalue weighted by Crippen LogP contribution is -2.21. The van der Waals surface area contributed by atoms with E-state index in [-0.39, 0.29) is 6.61 Å². The summed E-state index contributed by atoms with van der Waals surface area (Å²) in [6.45, 7) is 7.49. The first-order chi connectivity index (χ1) is 18.7. The Morgan fingerprint density at radius 3 is 2.46 bits per heavy atom. The van der Waals surface area contributed by atoms with Crippen LogP contribution in [-0.2, 0) is 14.3 Å². The summed E-state index contributed by atoms with van der Waals surface area (Å²) in [6, 6.07) is 14.8. The average molecular weight is 545 g/mol. The molecule has 2 aromatic heterocycles. The van der Waals surface area contributed by atoms with Crippen molar-refractivity contribution in [2.24, 2.45) is 10.9 Å². The van der Waals surface area contributed by atoms with E-state index in [0.29, 0.717) is 17.4 Å². The lowest BCUT2D eigenvalue weighted by Gasteiger charge is -2.16. The van der Waals surface area contributed by atoms with Gasteiger partial charge >= 0.3 is 11.9 Å². The van der Waals surface area contributed by atoms with Gasteiger partial charge in [0, 0.05) is 16.0 Å². The second-order valence-electron chi connectivity index (χ2n) is 9.42. The summed E-state index contributed by atoms with van der Waals surface area (Å²) in [7, 11) is 1.32. The summed E-state index contributed by atoms with van der Waals surface area (Å²) in [5.41, 5.74) is 5.55. The molecule has 10 heteroatoms. The molecule has 1 aliphatic rings. The maximum Gasteiger partial charge on any atom is 0.343 e. The van der Waals surface area contributed by atoms with Crippen molar-refractivity contribution in [2.75, 3.05) is 13.7 Å². The van der Waals surface area contributed by atoms with E-state index >= 15 is 0 Å². The van der Waals surface area contributed by atoms with Gasteiger partial charge in [-0.3, -0.25) is 14.4 Å². The highest BCUT2D eigenvalue weighted by Gasteiger charge is 2.36. The number of thiophene rings is 1. The number of aryl methyl sites for hydroxylation is 2. The summed E-state index contributed by atoms with van der Waals surface area (Å²) < 4.78 is 12.1. The number of hydrogen-bond donors (Lipinski definition) is 1. The van der Waals surface area contributed by atoms with Crippen molar-refractivity contribution >= 4 is 29.0 Å². The zero-order chi connectivity index (χ0) is 27.8. The number of aliphatic imine (C=N–C) groups is 1. The van der Waals surface area contributed by atoms with Gasteiger partial charge in [0.05, 0.1) is 18.7 Å². The number of esters is 1. The second kappa shape index (κ2) is 10.5. The smallest absolute Gasteiger partial charge is 0.343 e. The zero-order valence-corrected chi connectivity index (χ0v) is 23.1. The van der Waals surface area contributed by atoms with E-state index in [2.05, 4.69) is 28.8 Å². The van der Waals surface area contributed by atoms with E-state index < -0.39 is 23.9 Å². The Balaban J connectivity index is 1.58. The minimum absolute atomic E-state index is 0.164. The van der Waals surface area contributed by atoms with Gasteiger partial charge in [0.2, 0.25) is 0 Å². The molecule has 0 saturated carbocycles. The fourth-order valence-corrected chi connectivity index (χ4v) is 5.82. The molecule has 39 heavy (non-hydrogen) atoms. The fraction of sp³-hybridized carbons (Fsp3) is 0.276. The highest BCUT2D eigenvalue weighted by molar-refractivity contribution is 7.15. The zero-order valence-electron chi connectivity index (χ0n) is 22.3. The van der Waals surface area contributed by atoms with Gasteiger partial charge in [-0.25, -0.2) is 4.79 Å². The number of benzene rings is 2. The highest BCUT2D eigenvalue weighted by Crippen LogP contribution is 2.40. The monoisotopic (exact) mass is 544 g/mol. The van der Waals surface area contributed by atoms with Gasteiger partial charge in [-0.05, 0) is 56.5 Å². The standard InChI is InChI=1S/C29H28N4O5S/c1-15-17(3)39-28-24(15)26(30-25(16(2)29(35)36)27-32-31-18(4)33(27)28)20-11-9-19(10-12-20)21-7-6-8-22(13-21)38-14-23(34)37-5/h6-13,16,25H,14H2,1-5H3,(H,35,36)/t16?,25-/m0/s1. The predicted octanol–water partition coefficient (Wildman–Crippen LogP) is 5.09. The van der Waals surface area contributed by atoms with E-state index in [1.54, 1.807) is 24.3 Å². The van der Waals surface area contributed by atoms with Crippen LogP contribution in [0.4, 0.5) is 0 Å². The van der Waals surface area contributed by atoms with Crippen LogP contribution in [0.3, 0.4) is 0 Å². The van der Waals surface area contributed by atoms with Crippen molar-refractivity contribution < 1.29 is 24.2 Å². The van der Waals surface area contributed by atoms with Crippen LogP contribution in [0.15, 0.2) is 53.5 Å². The maximum absolute atomic E-state index is 12.1. The third-order valence-corrected chi connectivity index (χ3v) is 8.15. The Bertz CT molecular complexity index is 1600. The van der Waals surface area contributed by atoms with E-state index in [1.807, 2.05) is 54.0 Å². The molecule has 4 aromatic rings. The maximum atomic E-state index is 12.1. The van der Waals surface area contributed by atoms with Crippen LogP contribution in [0, 0.1) is 26.7 Å². The molecule has 0 spiro atoms. The van der Waals surface area contributed by atoms with Gasteiger partial charge in [-0.15, -0.1) is 21.5 Å². The van der Waals surface area contributed by atoms with Crippen LogP contribution < -0.4 is 4.74 Å². The Morgan fingerprint density at radius 2 is 1.77 bits per heavy atom. The molecule has 0 saturated heterocycles. The van der Waals surface area contributed by atoms with Crippen LogP contribution in [0.1, 0.15) is 46.2 Å². The Morgan fingerprint density at radius 1 is 1.05 bits per heavy atom. The molecule has 1 unspecified atom stereocenters. The van der Waals surface area contributed by atoms with E-state index in [1.165, 1.54) is 7.11 Å². The number of carboxylic acid groups (broad SMARTS) is 1. The van der Waals surface area contributed by atoms with Crippen molar-refractivity contribution in [3.05, 3.63) is 81.7 Å². The van der Waals surface area contributed by atoms with E-state index in [0.717, 1.165) is 43.4 Å². The quantitative estimate of drug-likeness (QED) is 0.322. The number of aliphatic carboxylic acids is 1. The molecule has 0 fully saturated rings. The molecule has 0 aliphatic carbocycles. The minimum Gasteiger partial charge on any atom is -0.482 e. The van der Waals surface area contributed by atoms with Gasteiger partial charge in [0.1, 0.15) is 22.6 Å². The normalized spacial score (nSPS) is 15.0. The number of methoxy groups -OCH3 is 1. The van der Waals surface area contributed by atoms with Crippen molar-refractivity contribution in [2.45, 2.75) is 33.7 Å². The molecule has 1 N–H and O–H groups in total. The molecule has 5 rings (SSSR count). The Labute approximate surface area is 229 Å². The van der Waals surface area contributed by atoms with Gasteiger partial charge < -0.3 is 14.6 Å². The molecule has 2 atom stereocenters. The molecule has 2 aromatic carbocycles. The van der Waals surface area contributed by atoms with Crippen LogP contribution >= 0.6 is 11.3 Å². The average Bonchev–Trinajstić information content (AvgIpc) is 3.41. The van der Waals surface area contributed by atoms with Gasteiger partial charge in [-0.1, -0.05) is 36.4 Å². The van der Waals surface area contributed by atoms with Crippen molar-refractivity contribution in [1.29, 1.82) is 0 Å². The predicted molar refractivity (Wildman–Crippen MR) is 148 cm³/mol. The first-order valence-electron chi connectivity index (χ1n) is 12.4. The number of ether oxygens (including phenoxy) is 2. The molecular formula is C29H28N4O5S. The second-order valence-corrected chi connectivity index (χ2v) is 10.6. The highest BCUT2D eigenvalue weighted by atomic mass is 32.1. The number of carboxylic acids is 1. The van der Waals surface area contributed by atoms with Crippen LogP contribution in [0.5, 0.6) is 5.75 Å². The topological polar surface area (TPSA) is 116 Å². The Hall–Kier alpha value is -4.31. The number of rotatable bonds is 7. The van der Waals surface area contributed by atoms with Crippen molar-refractivity contribution in [1.82, 2.24) is 14.8 Å². The first kappa shape index (κ1) is 26.3. The van der Waals surface area contributed by atoms with Crippen molar-refractivity contribution in [3.63, 3.8) is 0 Å². The summed E-state index contributed by atoms with van der Waals surface area (Å²) in [5, 5.41) is 19.5. The Kier molecular flexibility index (Phi) is 7.05. The molecule has 3 heterocycles.